The maximum Gasteiger partial charge on any atom is 0.0550 e. The zero-order valence-electron chi connectivity index (χ0n) is 12.3. The molecule has 0 saturated carbocycles. The van der Waals surface area contributed by atoms with Crippen molar-refractivity contribution in [1.82, 2.24) is 0 Å². The molecule has 3 nitrogen and oxygen atoms in total. The summed E-state index contributed by atoms with van der Waals surface area (Å²) in [5, 5.41) is 19.5. The molecule has 0 heterocycles. The van der Waals surface area contributed by atoms with Crippen LogP contribution in [0.5, 0.6) is 0 Å². The Balaban J connectivity index is 2.63. The summed E-state index contributed by atoms with van der Waals surface area (Å²) >= 11 is 3.43. The maximum absolute atomic E-state index is 9.73. The quantitative estimate of drug-likeness (QED) is 0.676. The van der Waals surface area contributed by atoms with E-state index >= 15 is 0 Å². The van der Waals surface area contributed by atoms with Gasteiger partial charge in [-0.25, -0.2) is 0 Å². The molecule has 20 heavy (non-hydrogen) atoms. The lowest BCUT2D eigenvalue weighted by Crippen LogP contribution is -2.36. The molecule has 1 rings (SSSR count). The highest BCUT2D eigenvalue weighted by molar-refractivity contribution is 9.10. The van der Waals surface area contributed by atoms with Gasteiger partial charge >= 0.3 is 0 Å². The van der Waals surface area contributed by atoms with Crippen LogP contribution >= 0.6 is 15.9 Å². The number of halogens is 1. The van der Waals surface area contributed by atoms with E-state index in [1.54, 1.807) is 0 Å². The third kappa shape index (κ3) is 5.17. The van der Waals surface area contributed by atoms with Crippen LogP contribution in [0.15, 0.2) is 28.7 Å². The first-order valence-corrected chi connectivity index (χ1v) is 7.89. The second-order valence-electron chi connectivity index (χ2n) is 5.65. The molecule has 0 unspecified atom stereocenters. The molecule has 0 spiro atoms. The molecule has 2 N–H and O–H groups in total. The van der Waals surface area contributed by atoms with Gasteiger partial charge in [0.15, 0.2) is 0 Å². The van der Waals surface area contributed by atoms with E-state index in [4.69, 9.17) is 4.74 Å². The van der Waals surface area contributed by atoms with Crippen LogP contribution in [0.2, 0.25) is 0 Å². The Morgan fingerprint density at radius 3 is 2.45 bits per heavy atom. The molecule has 4 heteroatoms. The monoisotopic (exact) mass is 344 g/mol. The first-order chi connectivity index (χ1) is 9.54. The summed E-state index contributed by atoms with van der Waals surface area (Å²) in [6.45, 7) is 5.41. The molecule has 1 aromatic carbocycles. The summed E-state index contributed by atoms with van der Waals surface area (Å²) in [4.78, 5) is 0. The predicted molar refractivity (Wildman–Crippen MR) is 84.9 cm³/mol. The van der Waals surface area contributed by atoms with Gasteiger partial charge < -0.3 is 14.9 Å². The Morgan fingerprint density at radius 1 is 1.20 bits per heavy atom. The molecule has 0 atom stereocenters. The molecule has 0 fully saturated rings. The summed E-state index contributed by atoms with van der Waals surface area (Å²) in [6.07, 6.45) is 1.64. The summed E-state index contributed by atoms with van der Waals surface area (Å²) in [6, 6.07) is 7.73. The van der Waals surface area contributed by atoms with Crippen LogP contribution in [0.3, 0.4) is 0 Å². The lowest BCUT2D eigenvalue weighted by atomic mass is 9.79. The summed E-state index contributed by atoms with van der Waals surface area (Å²) in [7, 11) is 0. The summed E-state index contributed by atoms with van der Waals surface area (Å²) in [5.41, 5.74) is 0.297. The van der Waals surface area contributed by atoms with Crippen LogP contribution in [0.4, 0.5) is 0 Å². The van der Waals surface area contributed by atoms with Crippen molar-refractivity contribution < 1.29 is 14.9 Å². The van der Waals surface area contributed by atoms with Crippen LogP contribution in [-0.2, 0) is 10.2 Å². The van der Waals surface area contributed by atoms with Gasteiger partial charge in [0.05, 0.1) is 13.2 Å². The number of benzene rings is 1. The van der Waals surface area contributed by atoms with Gasteiger partial charge in [-0.15, -0.1) is 0 Å². The van der Waals surface area contributed by atoms with Crippen molar-refractivity contribution in [3.05, 3.63) is 34.3 Å². The van der Waals surface area contributed by atoms with Crippen molar-refractivity contribution in [2.24, 2.45) is 5.92 Å². The highest BCUT2D eigenvalue weighted by Gasteiger charge is 2.30. The summed E-state index contributed by atoms with van der Waals surface area (Å²) in [5.74, 6) is 0.625. The largest absolute Gasteiger partial charge is 0.395 e. The minimum Gasteiger partial charge on any atom is -0.395 e. The molecule has 0 radical (unpaired) electrons. The lowest BCUT2D eigenvalue weighted by molar-refractivity contribution is 0.0591. The molecule has 0 aliphatic carbocycles. The number of rotatable bonds is 9. The first kappa shape index (κ1) is 17.6. The van der Waals surface area contributed by atoms with Crippen molar-refractivity contribution in [3.63, 3.8) is 0 Å². The lowest BCUT2D eigenvalue weighted by Gasteiger charge is -2.30. The summed E-state index contributed by atoms with van der Waals surface area (Å²) < 4.78 is 6.57. The Bertz CT molecular complexity index is 389. The van der Waals surface area contributed by atoms with Crippen LogP contribution < -0.4 is 0 Å². The van der Waals surface area contributed by atoms with E-state index in [2.05, 4.69) is 29.8 Å². The van der Waals surface area contributed by atoms with Crippen LogP contribution in [0, 0.1) is 5.92 Å². The standard InChI is InChI=1S/C16H25BrO3/c1-13(2)6-8-20-9-7-16(11-18,12-19)14-4-3-5-15(17)10-14/h3-5,10,13,18-19H,6-9,11-12H2,1-2H3. The molecule has 1 aromatic rings. The average molecular weight is 345 g/mol. The Kier molecular flexibility index (Phi) is 7.74. The Labute approximate surface area is 130 Å². The fourth-order valence-electron chi connectivity index (χ4n) is 2.04. The third-order valence-electron chi connectivity index (χ3n) is 3.61. The van der Waals surface area contributed by atoms with Gasteiger partial charge in [0, 0.05) is 23.1 Å². The van der Waals surface area contributed by atoms with E-state index in [9.17, 15) is 10.2 Å². The van der Waals surface area contributed by atoms with Gasteiger partial charge in [-0.1, -0.05) is 41.9 Å². The minimum atomic E-state index is -0.637. The zero-order chi connectivity index (χ0) is 15.0. The number of aliphatic hydroxyl groups excluding tert-OH is 2. The number of hydrogen-bond acceptors (Lipinski definition) is 3. The molecular weight excluding hydrogens is 320 g/mol. The van der Waals surface area contributed by atoms with Crippen molar-refractivity contribution in [1.29, 1.82) is 0 Å². The highest BCUT2D eigenvalue weighted by Crippen LogP contribution is 2.29. The molecule has 0 saturated heterocycles. The molecule has 0 amide bonds. The normalized spacial score (nSPS) is 12.1. The molecule has 0 aliphatic rings. The highest BCUT2D eigenvalue weighted by atomic mass is 79.9. The molecule has 0 aromatic heterocycles. The Hall–Kier alpha value is -0.420. The SMILES string of the molecule is CC(C)CCOCCC(CO)(CO)c1cccc(Br)c1. The zero-order valence-corrected chi connectivity index (χ0v) is 13.9. The fraction of sp³-hybridized carbons (Fsp3) is 0.625. The van der Waals surface area contributed by atoms with Crippen molar-refractivity contribution in [3.8, 4) is 0 Å². The molecule has 0 aliphatic heterocycles. The second kappa shape index (κ2) is 8.78. The van der Waals surface area contributed by atoms with E-state index in [1.807, 2.05) is 24.3 Å². The van der Waals surface area contributed by atoms with E-state index in [0.717, 1.165) is 23.1 Å². The predicted octanol–water partition coefficient (Wildman–Crippen LogP) is 3.12. The minimum absolute atomic E-state index is 0.0898. The van der Waals surface area contributed by atoms with Gasteiger partial charge in [-0.05, 0) is 36.5 Å². The van der Waals surface area contributed by atoms with Crippen molar-refractivity contribution in [2.45, 2.75) is 32.1 Å². The van der Waals surface area contributed by atoms with E-state index < -0.39 is 5.41 Å². The molecule has 0 bridgehead atoms. The second-order valence-corrected chi connectivity index (χ2v) is 6.57. The smallest absolute Gasteiger partial charge is 0.0550 e. The molecule has 114 valence electrons. The number of aliphatic hydroxyl groups is 2. The van der Waals surface area contributed by atoms with Gasteiger partial charge in [-0.2, -0.15) is 0 Å². The van der Waals surface area contributed by atoms with Gasteiger partial charge in [0.25, 0.3) is 0 Å². The number of hydrogen-bond donors (Lipinski definition) is 2. The third-order valence-corrected chi connectivity index (χ3v) is 4.10. The van der Waals surface area contributed by atoms with Gasteiger partial charge in [-0.3, -0.25) is 0 Å². The van der Waals surface area contributed by atoms with Gasteiger partial charge in [0.1, 0.15) is 0 Å². The van der Waals surface area contributed by atoms with E-state index in [1.165, 1.54) is 0 Å². The maximum atomic E-state index is 9.73. The van der Waals surface area contributed by atoms with E-state index in [0.29, 0.717) is 18.9 Å². The number of ether oxygens (including phenoxy) is 1. The van der Waals surface area contributed by atoms with Gasteiger partial charge in [0.2, 0.25) is 0 Å². The van der Waals surface area contributed by atoms with Crippen molar-refractivity contribution >= 4 is 15.9 Å². The van der Waals surface area contributed by atoms with Crippen molar-refractivity contribution in [2.75, 3.05) is 26.4 Å². The van der Waals surface area contributed by atoms with E-state index in [-0.39, 0.29) is 13.2 Å². The Morgan fingerprint density at radius 2 is 1.90 bits per heavy atom. The van der Waals surface area contributed by atoms with Crippen LogP contribution in [0.25, 0.3) is 0 Å². The average Bonchev–Trinajstić information content (AvgIpc) is 2.43. The topological polar surface area (TPSA) is 49.7 Å². The molecular formula is C16H25BrO3. The van der Waals surface area contributed by atoms with Crippen LogP contribution in [-0.4, -0.2) is 36.6 Å². The first-order valence-electron chi connectivity index (χ1n) is 7.09. The fourth-order valence-corrected chi connectivity index (χ4v) is 2.44. The van der Waals surface area contributed by atoms with Crippen LogP contribution in [0.1, 0.15) is 32.3 Å².